The largest absolute Gasteiger partial charge is 0.358 e. The maximum atomic E-state index is 12.6. The molecule has 3 aromatic rings. The molecule has 134 valence electrons. The van der Waals surface area contributed by atoms with E-state index >= 15 is 0 Å². The smallest absolute Gasteiger partial charge is 0.261 e. The Hall–Kier alpha value is -2.87. The molecule has 0 aliphatic rings. The minimum Gasteiger partial charge on any atom is -0.358 e. The van der Waals surface area contributed by atoms with Crippen LogP contribution in [0.1, 0.15) is 0 Å². The summed E-state index contributed by atoms with van der Waals surface area (Å²) in [5.41, 5.74) is 0.439. The van der Waals surface area contributed by atoms with Gasteiger partial charge in [-0.2, -0.15) is 0 Å². The second-order valence-corrected chi connectivity index (χ2v) is 6.66. The SMILES string of the molecule is CNC(=O)CNC(=O)CSc1nc2cc3ccccc3cc2c(=O)n1C. The topological polar surface area (TPSA) is 93.1 Å². The molecule has 26 heavy (non-hydrogen) atoms. The van der Waals surface area contributed by atoms with Crippen LogP contribution in [0.4, 0.5) is 0 Å². The molecule has 3 rings (SSSR count). The molecule has 2 aromatic carbocycles. The van der Waals surface area contributed by atoms with Gasteiger partial charge in [0.15, 0.2) is 5.16 Å². The number of nitrogens with zero attached hydrogens (tertiary/aromatic N) is 2. The molecule has 1 aromatic heterocycles. The van der Waals surface area contributed by atoms with Gasteiger partial charge in [0.1, 0.15) is 0 Å². The van der Waals surface area contributed by atoms with Gasteiger partial charge < -0.3 is 10.6 Å². The Morgan fingerprint density at radius 1 is 1.15 bits per heavy atom. The first-order chi connectivity index (χ1) is 12.5. The molecule has 0 fully saturated rings. The van der Waals surface area contributed by atoms with E-state index in [1.807, 2.05) is 36.4 Å². The van der Waals surface area contributed by atoms with Crippen molar-refractivity contribution in [2.45, 2.75) is 5.16 Å². The summed E-state index contributed by atoms with van der Waals surface area (Å²) in [5.74, 6) is -0.506. The van der Waals surface area contributed by atoms with Gasteiger partial charge in [-0.05, 0) is 22.9 Å². The second-order valence-electron chi connectivity index (χ2n) is 5.71. The molecule has 0 aliphatic carbocycles. The van der Waals surface area contributed by atoms with Gasteiger partial charge in [-0.15, -0.1) is 0 Å². The summed E-state index contributed by atoms with van der Waals surface area (Å²) in [5, 5.41) is 7.91. The normalized spacial score (nSPS) is 10.8. The van der Waals surface area contributed by atoms with Crippen LogP contribution in [-0.2, 0) is 16.6 Å². The van der Waals surface area contributed by atoms with Gasteiger partial charge in [-0.3, -0.25) is 19.0 Å². The molecule has 0 spiro atoms. The molecule has 0 radical (unpaired) electrons. The van der Waals surface area contributed by atoms with Crippen LogP contribution in [0.25, 0.3) is 21.7 Å². The van der Waals surface area contributed by atoms with E-state index in [9.17, 15) is 14.4 Å². The fraction of sp³-hybridized carbons (Fsp3) is 0.222. The highest BCUT2D eigenvalue weighted by atomic mass is 32.2. The highest BCUT2D eigenvalue weighted by Crippen LogP contribution is 2.22. The number of fused-ring (bicyclic) bond motifs is 2. The van der Waals surface area contributed by atoms with Gasteiger partial charge in [0.25, 0.3) is 5.56 Å². The lowest BCUT2D eigenvalue weighted by atomic mass is 10.1. The molecule has 7 nitrogen and oxygen atoms in total. The minimum absolute atomic E-state index is 0.0658. The highest BCUT2D eigenvalue weighted by molar-refractivity contribution is 7.99. The molecule has 0 saturated carbocycles. The second kappa shape index (κ2) is 7.57. The van der Waals surface area contributed by atoms with E-state index in [0.717, 1.165) is 22.5 Å². The van der Waals surface area contributed by atoms with Crippen molar-refractivity contribution in [1.82, 2.24) is 20.2 Å². The van der Waals surface area contributed by atoms with E-state index in [0.29, 0.717) is 16.1 Å². The fourth-order valence-electron chi connectivity index (χ4n) is 2.52. The van der Waals surface area contributed by atoms with Gasteiger partial charge in [0.05, 0.1) is 23.2 Å². The van der Waals surface area contributed by atoms with Crippen LogP contribution in [-0.4, -0.2) is 40.7 Å². The van der Waals surface area contributed by atoms with E-state index in [4.69, 9.17) is 0 Å². The maximum Gasteiger partial charge on any atom is 0.261 e. The van der Waals surface area contributed by atoms with Crippen LogP contribution in [0.3, 0.4) is 0 Å². The molecule has 8 heteroatoms. The van der Waals surface area contributed by atoms with Gasteiger partial charge in [-0.25, -0.2) is 4.98 Å². The highest BCUT2D eigenvalue weighted by Gasteiger charge is 2.12. The number of amides is 2. The molecule has 0 saturated heterocycles. The Balaban J connectivity index is 1.86. The zero-order chi connectivity index (χ0) is 18.7. The zero-order valence-corrected chi connectivity index (χ0v) is 15.2. The quantitative estimate of drug-likeness (QED) is 0.398. The molecular formula is C18H18N4O3S. The lowest BCUT2D eigenvalue weighted by Crippen LogP contribution is -2.36. The molecule has 0 aliphatic heterocycles. The van der Waals surface area contributed by atoms with Gasteiger partial charge in [0, 0.05) is 14.1 Å². The van der Waals surface area contributed by atoms with Crippen molar-refractivity contribution in [2.24, 2.45) is 7.05 Å². The number of hydrogen-bond acceptors (Lipinski definition) is 5. The van der Waals surface area contributed by atoms with E-state index in [2.05, 4.69) is 15.6 Å². The number of aromatic nitrogens is 2. The summed E-state index contributed by atoms with van der Waals surface area (Å²) in [6.45, 7) is -0.0774. The number of carbonyl (C=O) groups is 2. The summed E-state index contributed by atoms with van der Waals surface area (Å²) in [4.78, 5) is 40.2. The number of hydrogen-bond donors (Lipinski definition) is 2. The molecule has 0 atom stereocenters. The standard InChI is InChI=1S/C18H18N4O3S/c1-19-15(23)9-20-16(24)10-26-18-21-14-8-12-6-4-3-5-11(12)7-13(14)17(25)22(18)2/h3-8H,9-10H2,1-2H3,(H,19,23)(H,20,24). The van der Waals surface area contributed by atoms with Crippen molar-refractivity contribution >= 4 is 45.3 Å². The maximum absolute atomic E-state index is 12.6. The van der Waals surface area contributed by atoms with Crippen molar-refractivity contribution in [1.29, 1.82) is 0 Å². The van der Waals surface area contributed by atoms with Crippen LogP contribution in [0.15, 0.2) is 46.3 Å². The summed E-state index contributed by atoms with van der Waals surface area (Å²) in [7, 11) is 3.14. The predicted molar refractivity (Wildman–Crippen MR) is 102 cm³/mol. The number of likely N-dealkylation sites (N-methyl/N-ethyl adjacent to an activating group) is 1. The first-order valence-electron chi connectivity index (χ1n) is 7.99. The number of nitrogens with one attached hydrogen (secondary N) is 2. The zero-order valence-electron chi connectivity index (χ0n) is 14.4. The first-order valence-corrected chi connectivity index (χ1v) is 8.98. The van der Waals surface area contributed by atoms with E-state index in [1.165, 1.54) is 11.6 Å². The fourth-order valence-corrected chi connectivity index (χ4v) is 3.32. The minimum atomic E-state index is -0.300. The Kier molecular flexibility index (Phi) is 5.22. The van der Waals surface area contributed by atoms with Crippen molar-refractivity contribution in [3.8, 4) is 0 Å². The molecule has 2 amide bonds. The summed E-state index contributed by atoms with van der Waals surface area (Å²) < 4.78 is 1.44. The lowest BCUT2D eigenvalue weighted by molar-refractivity contribution is -0.124. The Morgan fingerprint density at radius 2 is 1.85 bits per heavy atom. The monoisotopic (exact) mass is 370 g/mol. The molecule has 0 unspecified atom stereocenters. The van der Waals surface area contributed by atoms with E-state index in [1.54, 1.807) is 7.05 Å². The molecule has 1 heterocycles. The Bertz CT molecular complexity index is 1060. The first kappa shape index (κ1) is 17.9. The van der Waals surface area contributed by atoms with E-state index in [-0.39, 0.29) is 29.7 Å². The average Bonchev–Trinajstić information content (AvgIpc) is 2.66. The van der Waals surface area contributed by atoms with Crippen molar-refractivity contribution in [3.05, 3.63) is 46.8 Å². The molecule has 0 bridgehead atoms. The number of carbonyl (C=O) groups excluding carboxylic acids is 2. The van der Waals surface area contributed by atoms with Crippen LogP contribution in [0.5, 0.6) is 0 Å². The van der Waals surface area contributed by atoms with E-state index < -0.39 is 0 Å². The molecule has 2 N–H and O–H groups in total. The summed E-state index contributed by atoms with van der Waals surface area (Å²) in [6.07, 6.45) is 0. The van der Waals surface area contributed by atoms with Gasteiger partial charge >= 0.3 is 0 Å². The van der Waals surface area contributed by atoms with Crippen LogP contribution in [0.2, 0.25) is 0 Å². The average molecular weight is 370 g/mol. The van der Waals surface area contributed by atoms with Crippen molar-refractivity contribution < 1.29 is 9.59 Å². The lowest BCUT2D eigenvalue weighted by Gasteiger charge is -2.10. The van der Waals surface area contributed by atoms with Gasteiger partial charge in [-0.1, -0.05) is 36.0 Å². The number of rotatable bonds is 5. The van der Waals surface area contributed by atoms with Crippen LogP contribution < -0.4 is 16.2 Å². The van der Waals surface area contributed by atoms with Crippen molar-refractivity contribution in [2.75, 3.05) is 19.3 Å². The Labute approximate surface area is 153 Å². The summed E-state index contributed by atoms with van der Waals surface area (Å²) >= 11 is 1.16. The Morgan fingerprint density at radius 3 is 2.54 bits per heavy atom. The third-order valence-corrected chi connectivity index (χ3v) is 4.99. The number of thioether (sulfide) groups is 1. The van der Waals surface area contributed by atoms with Gasteiger partial charge in [0.2, 0.25) is 11.8 Å². The number of benzene rings is 2. The summed E-state index contributed by atoms with van der Waals surface area (Å²) in [6, 6.07) is 11.5. The third kappa shape index (κ3) is 3.70. The third-order valence-electron chi connectivity index (χ3n) is 3.96. The van der Waals surface area contributed by atoms with Crippen LogP contribution >= 0.6 is 11.8 Å². The van der Waals surface area contributed by atoms with Crippen molar-refractivity contribution in [3.63, 3.8) is 0 Å². The predicted octanol–water partition coefficient (Wildman–Crippen LogP) is 1.04. The van der Waals surface area contributed by atoms with Crippen LogP contribution in [0, 0.1) is 0 Å². The molecular weight excluding hydrogens is 352 g/mol.